The van der Waals surface area contributed by atoms with Gasteiger partial charge < -0.3 is 4.42 Å². The van der Waals surface area contributed by atoms with E-state index >= 15 is 0 Å². The van der Waals surface area contributed by atoms with Crippen LogP contribution in [0, 0.1) is 0 Å². The number of furan rings is 1. The van der Waals surface area contributed by atoms with Gasteiger partial charge in [-0.1, -0.05) is 159 Å². The van der Waals surface area contributed by atoms with Gasteiger partial charge >= 0.3 is 0 Å². The van der Waals surface area contributed by atoms with E-state index in [-0.39, 0.29) is 11.8 Å². The molecule has 0 fully saturated rings. The van der Waals surface area contributed by atoms with Crippen molar-refractivity contribution in [3.63, 3.8) is 0 Å². The Hall–Kier alpha value is -7.04. The summed E-state index contributed by atoms with van der Waals surface area (Å²) in [6, 6.07) is 60.7. The van der Waals surface area contributed by atoms with Crippen molar-refractivity contribution in [2.24, 2.45) is 0 Å². The van der Waals surface area contributed by atoms with Crippen molar-refractivity contribution in [3.8, 4) is 28.3 Å². The lowest BCUT2D eigenvalue weighted by atomic mass is 9.67. The normalized spacial score (nSPS) is 15.4. The summed E-state index contributed by atoms with van der Waals surface area (Å²) in [6.45, 7) is 2.41. The Kier molecular flexibility index (Phi) is 6.35. The molecule has 55 heavy (non-hydrogen) atoms. The van der Waals surface area contributed by atoms with E-state index in [4.69, 9.17) is 14.4 Å². The Morgan fingerprint density at radius 1 is 0.527 bits per heavy atom. The maximum Gasteiger partial charge on any atom is 0.235 e. The molecule has 0 aliphatic heterocycles. The van der Waals surface area contributed by atoms with E-state index in [1.165, 1.54) is 49.4 Å². The molecule has 0 saturated carbocycles. The van der Waals surface area contributed by atoms with Crippen LogP contribution in [-0.2, 0) is 0 Å². The summed E-state index contributed by atoms with van der Waals surface area (Å²) in [4.78, 5) is 10.8. The van der Waals surface area contributed by atoms with E-state index in [0.717, 1.165) is 55.1 Å². The van der Waals surface area contributed by atoms with E-state index in [9.17, 15) is 0 Å². The van der Waals surface area contributed by atoms with Crippen LogP contribution < -0.4 is 0 Å². The maximum atomic E-state index is 6.71. The minimum atomic E-state index is 0.0828. The second-order valence-electron chi connectivity index (χ2n) is 14.8. The molecule has 258 valence electrons. The number of aromatic nitrogens is 3. The fraction of sp³-hybridized carbons (Fsp3) is 0.0588. The van der Waals surface area contributed by atoms with Gasteiger partial charge in [0.1, 0.15) is 11.2 Å². The third-order valence-corrected chi connectivity index (χ3v) is 12.0. The summed E-state index contributed by atoms with van der Waals surface area (Å²) in [6.07, 6.45) is 0. The lowest BCUT2D eigenvalue weighted by Crippen LogP contribution is -2.18. The molecule has 0 amide bonds. The average molecular weight is 704 g/mol. The summed E-state index contributed by atoms with van der Waals surface area (Å²) in [7, 11) is 0. The monoisotopic (exact) mass is 703 g/mol. The fourth-order valence-corrected chi connectivity index (χ4v) is 9.77. The first-order valence-electron chi connectivity index (χ1n) is 19.0. The van der Waals surface area contributed by atoms with Crippen molar-refractivity contribution in [3.05, 3.63) is 187 Å². The molecular weight excluding hydrogens is 671 g/mol. The Morgan fingerprint density at radius 2 is 1.18 bits per heavy atom. The summed E-state index contributed by atoms with van der Waals surface area (Å²) < 4.78 is 9.03. The van der Waals surface area contributed by atoms with Gasteiger partial charge in [-0.3, -0.25) is 4.57 Å². The van der Waals surface area contributed by atoms with Crippen LogP contribution in [0.2, 0.25) is 0 Å². The second-order valence-corrected chi connectivity index (χ2v) is 14.8. The number of hydrogen-bond acceptors (Lipinski definition) is 3. The first kappa shape index (κ1) is 30.4. The van der Waals surface area contributed by atoms with E-state index in [1.807, 2.05) is 0 Å². The molecule has 8 aromatic carbocycles. The van der Waals surface area contributed by atoms with Crippen molar-refractivity contribution in [1.82, 2.24) is 14.5 Å². The second kappa shape index (κ2) is 11.5. The number of hydrogen-bond donors (Lipinski definition) is 0. The van der Waals surface area contributed by atoms with Crippen LogP contribution in [0.25, 0.3) is 93.8 Å². The van der Waals surface area contributed by atoms with Gasteiger partial charge in [0.25, 0.3) is 0 Å². The zero-order chi connectivity index (χ0) is 36.2. The van der Waals surface area contributed by atoms with Crippen LogP contribution in [0.4, 0.5) is 0 Å². The average Bonchev–Trinajstić information content (AvgIpc) is 3.80. The quantitative estimate of drug-likeness (QED) is 0.184. The Bertz CT molecular complexity index is 3350. The molecule has 2 atom stereocenters. The molecule has 11 aromatic rings. The van der Waals surface area contributed by atoms with E-state index < -0.39 is 0 Å². The molecule has 0 saturated heterocycles. The van der Waals surface area contributed by atoms with Crippen LogP contribution in [-0.4, -0.2) is 14.5 Å². The van der Waals surface area contributed by atoms with Crippen molar-refractivity contribution in [2.75, 3.05) is 0 Å². The van der Waals surface area contributed by atoms with Gasteiger partial charge in [-0.15, -0.1) is 0 Å². The van der Waals surface area contributed by atoms with Crippen molar-refractivity contribution < 1.29 is 4.42 Å². The zero-order valence-electron chi connectivity index (χ0n) is 30.1. The van der Waals surface area contributed by atoms with E-state index in [1.54, 1.807) is 0 Å². The molecule has 2 unspecified atom stereocenters. The molecule has 1 aliphatic carbocycles. The van der Waals surface area contributed by atoms with Crippen LogP contribution in [0.3, 0.4) is 0 Å². The van der Waals surface area contributed by atoms with Crippen molar-refractivity contribution in [1.29, 1.82) is 0 Å². The van der Waals surface area contributed by atoms with Crippen LogP contribution in [0.5, 0.6) is 0 Å². The van der Waals surface area contributed by atoms with Crippen molar-refractivity contribution in [2.45, 2.75) is 18.8 Å². The van der Waals surface area contributed by atoms with E-state index in [0.29, 0.717) is 5.95 Å². The maximum absolute atomic E-state index is 6.71. The molecular formula is C51H33N3O. The third-order valence-electron chi connectivity index (χ3n) is 12.0. The van der Waals surface area contributed by atoms with Crippen LogP contribution in [0.1, 0.15) is 35.4 Å². The lowest BCUT2D eigenvalue weighted by molar-refractivity contribution is 0.623. The first-order valence-corrected chi connectivity index (χ1v) is 19.0. The molecule has 0 bridgehead atoms. The molecule has 0 radical (unpaired) electrons. The van der Waals surface area contributed by atoms with Gasteiger partial charge in [-0.25, -0.2) is 9.97 Å². The van der Waals surface area contributed by atoms with Gasteiger partial charge in [0.2, 0.25) is 5.95 Å². The molecule has 12 rings (SSSR count). The summed E-state index contributed by atoms with van der Waals surface area (Å²) >= 11 is 0. The first-order chi connectivity index (χ1) is 27.2. The Labute approximate surface area is 316 Å². The summed E-state index contributed by atoms with van der Waals surface area (Å²) in [5.74, 6) is 0.890. The largest absolute Gasteiger partial charge is 0.456 e. The summed E-state index contributed by atoms with van der Waals surface area (Å²) in [5, 5.41) is 8.23. The SMILES string of the molecule is CC1c2c(c3c4ccccc4n(-c4nc(-c5ccccc5)c5ccccc5n4)c3c3ccccc23)-c2ccccc2C1c1cccc2c1oc1ccccc12. The number of nitrogens with zero attached hydrogens (tertiary/aromatic N) is 3. The predicted molar refractivity (Wildman–Crippen MR) is 226 cm³/mol. The molecule has 3 heterocycles. The molecule has 0 spiro atoms. The minimum absolute atomic E-state index is 0.0828. The number of fused-ring (bicyclic) bond motifs is 14. The molecule has 3 aromatic heterocycles. The van der Waals surface area contributed by atoms with Gasteiger partial charge in [0, 0.05) is 49.4 Å². The number of rotatable bonds is 3. The minimum Gasteiger partial charge on any atom is -0.456 e. The van der Waals surface area contributed by atoms with Gasteiger partial charge in [0.15, 0.2) is 0 Å². The molecule has 4 nitrogen and oxygen atoms in total. The molecule has 4 heteroatoms. The zero-order valence-corrected chi connectivity index (χ0v) is 30.1. The Morgan fingerprint density at radius 3 is 2.05 bits per heavy atom. The summed E-state index contributed by atoms with van der Waals surface area (Å²) in [5.41, 5.74) is 13.5. The number of para-hydroxylation sites is 4. The van der Waals surface area contributed by atoms with Crippen LogP contribution in [0.15, 0.2) is 174 Å². The predicted octanol–water partition coefficient (Wildman–Crippen LogP) is 13.4. The highest BCUT2D eigenvalue weighted by atomic mass is 16.3. The lowest BCUT2D eigenvalue weighted by Gasteiger charge is -2.35. The van der Waals surface area contributed by atoms with E-state index in [2.05, 4.69) is 181 Å². The highest BCUT2D eigenvalue weighted by Gasteiger charge is 2.37. The van der Waals surface area contributed by atoms with Gasteiger partial charge in [-0.2, -0.15) is 0 Å². The third kappa shape index (κ3) is 4.22. The standard InChI is InChI=1S/C51H33N3O/c1-30-44(40-26-15-25-37-32-18-11-14-29-43(32)55-50(37)40)33-19-5-6-20-34(33)46-45(30)35-21-7-8-22-36(35)49-47(46)39-24-10-13-28-42(39)54(49)51-52-41-27-12-9-23-38(41)48(53-51)31-16-3-2-4-17-31/h2-30,44H,1H3. The number of benzene rings is 8. The van der Waals surface area contributed by atoms with Gasteiger partial charge in [0.05, 0.1) is 22.2 Å². The van der Waals surface area contributed by atoms with Crippen molar-refractivity contribution >= 4 is 65.4 Å². The topological polar surface area (TPSA) is 43.9 Å². The van der Waals surface area contributed by atoms with Gasteiger partial charge in [-0.05, 0) is 51.8 Å². The van der Waals surface area contributed by atoms with Crippen LogP contribution >= 0.6 is 0 Å². The fourth-order valence-electron chi connectivity index (χ4n) is 9.77. The highest BCUT2D eigenvalue weighted by molar-refractivity contribution is 6.26. The molecule has 1 aliphatic rings. The highest BCUT2D eigenvalue weighted by Crippen LogP contribution is 2.57. The molecule has 0 N–H and O–H groups in total. The Balaban J connectivity index is 1.21. The smallest absolute Gasteiger partial charge is 0.235 e.